The number of hydrogen-bond donors (Lipinski definition) is 1. The van der Waals surface area contributed by atoms with E-state index in [0.717, 1.165) is 23.4 Å². The molecular weight excluding hydrogens is 392 g/mol. The topological polar surface area (TPSA) is 84.9 Å². The molecule has 0 heterocycles. The van der Waals surface area contributed by atoms with Crippen molar-refractivity contribution in [3.8, 4) is 11.5 Å². The molecule has 0 radical (unpaired) electrons. The molecule has 0 aliphatic carbocycles. The Morgan fingerprint density at radius 1 is 1.10 bits per heavy atom. The molecule has 0 saturated heterocycles. The molecular formula is C21H28N2O5S. The summed E-state index contributed by atoms with van der Waals surface area (Å²) in [4.78, 5) is 12.4. The standard InChI is InChI=1S/C21H28N2O5S/c1-16-7-5-8-17(13-16)9-6-12-22-21(24)15-23(29(4,25)26)19-14-18(27-2)10-11-20(19)28-3/h5,7-8,10-11,13-14H,6,9,12,15H2,1-4H3,(H,22,24). The minimum Gasteiger partial charge on any atom is -0.497 e. The molecule has 0 aliphatic heterocycles. The number of sulfonamides is 1. The van der Waals surface area contributed by atoms with Gasteiger partial charge in [-0.2, -0.15) is 0 Å². The number of aryl methyl sites for hydroxylation is 2. The maximum atomic E-state index is 12.4. The lowest BCUT2D eigenvalue weighted by Crippen LogP contribution is -2.40. The third kappa shape index (κ3) is 6.67. The van der Waals surface area contributed by atoms with Gasteiger partial charge in [-0.3, -0.25) is 9.10 Å². The van der Waals surface area contributed by atoms with E-state index in [0.29, 0.717) is 18.0 Å². The molecule has 7 nitrogen and oxygen atoms in total. The van der Waals surface area contributed by atoms with Crippen LogP contribution in [0.2, 0.25) is 0 Å². The molecule has 0 unspecified atom stereocenters. The number of nitrogens with zero attached hydrogens (tertiary/aromatic N) is 1. The van der Waals surface area contributed by atoms with E-state index in [4.69, 9.17) is 9.47 Å². The fourth-order valence-corrected chi connectivity index (χ4v) is 3.80. The summed E-state index contributed by atoms with van der Waals surface area (Å²) in [6.07, 6.45) is 2.65. The van der Waals surface area contributed by atoms with Gasteiger partial charge in [0, 0.05) is 12.6 Å². The molecule has 0 spiro atoms. The summed E-state index contributed by atoms with van der Waals surface area (Å²) in [5.41, 5.74) is 2.66. The zero-order chi connectivity index (χ0) is 21.4. The Labute approximate surface area is 172 Å². The van der Waals surface area contributed by atoms with Crippen molar-refractivity contribution in [2.75, 3.05) is 37.9 Å². The third-order valence-electron chi connectivity index (χ3n) is 4.39. The van der Waals surface area contributed by atoms with Crippen LogP contribution in [0.15, 0.2) is 42.5 Å². The number of hydrogen-bond acceptors (Lipinski definition) is 5. The molecule has 158 valence electrons. The molecule has 2 aromatic carbocycles. The quantitative estimate of drug-likeness (QED) is 0.597. The van der Waals surface area contributed by atoms with Crippen LogP contribution in [0, 0.1) is 6.92 Å². The normalized spacial score (nSPS) is 11.0. The summed E-state index contributed by atoms with van der Waals surface area (Å²) in [6.45, 7) is 2.16. The molecule has 0 aliphatic rings. The van der Waals surface area contributed by atoms with E-state index >= 15 is 0 Å². The maximum absolute atomic E-state index is 12.4. The van der Waals surface area contributed by atoms with Gasteiger partial charge in [-0.15, -0.1) is 0 Å². The van der Waals surface area contributed by atoms with Crippen LogP contribution in [0.3, 0.4) is 0 Å². The Hall–Kier alpha value is -2.74. The van der Waals surface area contributed by atoms with Crippen molar-refractivity contribution in [2.24, 2.45) is 0 Å². The predicted octanol–water partition coefficient (Wildman–Crippen LogP) is 2.53. The molecule has 8 heteroatoms. The van der Waals surface area contributed by atoms with Crippen LogP contribution in [-0.4, -0.2) is 47.9 Å². The number of amides is 1. The second kappa shape index (κ2) is 10.2. The second-order valence-electron chi connectivity index (χ2n) is 6.75. The van der Waals surface area contributed by atoms with E-state index in [2.05, 4.69) is 17.4 Å². The van der Waals surface area contributed by atoms with Gasteiger partial charge in [0.05, 0.1) is 26.2 Å². The molecule has 0 bridgehead atoms. The monoisotopic (exact) mass is 420 g/mol. The summed E-state index contributed by atoms with van der Waals surface area (Å²) < 4.78 is 36.1. The van der Waals surface area contributed by atoms with Crippen LogP contribution in [-0.2, 0) is 21.2 Å². The molecule has 29 heavy (non-hydrogen) atoms. The van der Waals surface area contributed by atoms with Gasteiger partial charge in [0.1, 0.15) is 18.0 Å². The van der Waals surface area contributed by atoms with Crippen molar-refractivity contribution in [3.63, 3.8) is 0 Å². The lowest BCUT2D eigenvalue weighted by molar-refractivity contribution is -0.119. The Kier molecular flexibility index (Phi) is 7.90. The number of rotatable bonds is 10. The molecule has 2 rings (SSSR count). The van der Waals surface area contributed by atoms with Gasteiger partial charge in [0.15, 0.2) is 0 Å². The first-order chi connectivity index (χ1) is 13.7. The highest BCUT2D eigenvalue weighted by Gasteiger charge is 2.24. The van der Waals surface area contributed by atoms with Crippen molar-refractivity contribution in [2.45, 2.75) is 19.8 Å². The fraction of sp³-hybridized carbons (Fsp3) is 0.381. The van der Waals surface area contributed by atoms with Crippen molar-refractivity contribution >= 4 is 21.6 Å². The van der Waals surface area contributed by atoms with Crippen molar-refractivity contribution in [1.82, 2.24) is 5.32 Å². The number of methoxy groups -OCH3 is 2. The van der Waals surface area contributed by atoms with E-state index in [1.54, 1.807) is 12.1 Å². The number of carbonyl (C=O) groups excluding carboxylic acids is 1. The molecule has 0 fully saturated rings. The summed E-state index contributed by atoms with van der Waals surface area (Å²) >= 11 is 0. The summed E-state index contributed by atoms with van der Waals surface area (Å²) in [6, 6.07) is 13.0. The predicted molar refractivity (Wildman–Crippen MR) is 114 cm³/mol. The average Bonchev–Trinajstić information content (AvgIpc) is 2.68. The van der Waals surface area contributed by atoms with Crippen molar-refractivity contribution in [1.29, 1.82) is 0 Å². The van der Waals surface area contributed by atoms with Gasteiger partial charge in [-0.25, -0.2) is 8.42 Å². The summed E-state index contributed by atoms with van der Waals surface area (Å²) in [7, 11) is -0.787. The number of benzene rings is 2. The highest BCUT2D eigenvalue weighted by Crippen LogP contribution is 2.33. The lowest BCUT2D eigenvalue weighted by Gasteiger charge is -2.24. The molecule has 0 aromatic heterocycles. The van der Waals surface area contributed by atoms with E-state index in [1.165, 1.54) is 31.4 Å². The summed E-state index contributed by atoms with van der Waals surface area (Å²) in [5.74, 6) is 0.418. The third-order valence-corrected chi connectivity index (χ3v) is 5.52. The number of anilines is 1. The van der Waals surface area contributed by atoms with Gasteiger partial charge in [0.25, 0.3) is 0 Å². The number of ether oxygens (including phenoxy) is 2. The molecule has 2 aromatic rings. The minimum absolute atomic E-state index is 0.254. The number of carbonyl (C=O) groups is 1. The first-order valence-corrected chi connectivity index (χ1v) is 11.1. The smallest absolute Gasteiger partial charge is 0.240 e. The molecule has 0 atom stereocenters. The Morgan fingerprint density at radius 2 is 1.86 bits per heavy atom. The zero-order valence-corrected chi connectivity index (χ0v) is 18.1. The molecule has 1 amide bonds. The van der Waals surface area contributed by atoms with E-state index in [-0.39, 0.29) is 18.1 Å². The minimum atomic E-state index is -3.71. The maximum Gasteiger partial charge on any atom is 0.240 e. The number of nitrogens with one attached hydrogen (secondary N) is 1. The van der Waals surface area contributed by atoms with E-state index in [9.17, 15) is 13.2 Å². The fourth-order valence-electron chi connectivity index (χ4n) is 2.95. The second-order valence-corrected chi connectivity index (χ2v) is 8.66. The summed E-state index contributed by atoms with van der Waals surface area (Å²) in [5, 5.41) is 2.79. The lowest BCUT2D eigenvalue weighted by atomic mass is 10.1. The van der Waals surface area contributed by atoms with Crippen LogP contribution in [0.25, 0.3) is 0 Å². The van der Waals surface area contributed by atoms with Crippen LogP contribution >= 0.6 is 0 Å². The van der Waals surface area contributed by atoms with E-state index in [1.807, 2.05) is 19.1 Å². The van der Waals surface area contributed by atoms with Gasteiger partial charge < -0.3 is 14.8 Å². The van der Waals surface area contributed by atoms with Crippen LogP contribution in [0.1, 0.15) is 17.5 Å². The van der Waals surface area contributed by atoms with Crippen LogP contribution in [0.5, 0.6) is 11.5 Å². The SMILES string of the molecule is COc1ccc(OC)c(N(CC(=O)NCCCc2cccc(C)c2)S(C)(=O)=O)c1. The van der Waals surface area contributed by atoms with E-state index < -0.39 is 10.0 Å². The van der Waals surface area contributed by atoms with Crippen molar-refractivity contribution in [3.05, 3.63) is 53.6 Å². The van der Waals surface area contributed by atoms with Gasteiger partial charge >= 0.3 is 0 Å². The average molecular weight is 421 g/mol. The Morgan fingerprint density at radius 3 is 2.48 bits per heavy atom. The molecule has 1 N–H and O–H groups in total. The van der Waals surface area contributed by atoms with Crippen LogP contribution < -0.4 is 19.1 Å². The van der Waals surface area contributed by atoms with Crippen LogP contribution in [0.4, 0.5) is 5.69 Å². The highest BCUT2D eigenvalue weighted by atomic mass is 32.2. The van der Waals surface area contributed by atoms with Crippen molar-refractivity contribution < 1.29 is 22.7 Å². The zero-order valence-electron chi connectivity index (χ0n) is 17.3. The first kappa shape index (κ1) is 22.5. The molecule has 0 saturated carbocycles. The largest absolute Gasteiger partial charge is 0.497 e. The highest BCUT2D eigenvalue weighted by molar-refractivity contribution is 7.92. The Balaban J connectivity index is 2.02. The van der Waals surface area contributed by atoms with Gasteiger partial charge in [-0.1, -0.05) is 29.8 Å². The first-order valence-electron chi connectivity index (χ1n) is 9.26. The van der Waals surface area contributed by atoms with Gasteiger partial charge in [0.2, 0.25) is 15.9 Å². The Bertz CT molecular complexity index is 944. The van der Waals surface area contributed by atoms with Gasteiger partial charge in [-0.05, 0) is 37.5 Å².